The maximum Gasteiger partial charge on any atom is 0.271 e. The Labute approximate surface area is 101 Å². The smallest absolute Gasteiger partial charge is 0.271 e. The Morgan fingerprint density at radius 3 is 2.88 bits per heavy atom. The van der Waals surface area contributed by atoms with Crippen LogP contribution >= 0.6 is 11.8 Å². The summed E-state index contributed by atoms with van der Waals surface area (Å²) in [5.74, 6) is -0.372. The first-order valence-electron chi connectivity index (χ1n) is 4.50. The molecule has 8 heteroatoms. The van der Waals surface area contributed by atoms with Crippen molar-refractivity contribution in [2.24, 2.45) is 5.73 Å². The Bertz CT molecular complexity index is 463. The molecule has 90 valence electrons. The summed E-state index contributed by atoms with van der Waals surface area (Å²) >= 11 is 0.884. The minimum absolute atomic E-state index is 0.00196. The number of nitrogens with one attached hydrogen (secondary N) is 2. The topological polar surface area (TPSA) is 122 Å². The van der Waals surface area contributed by atoms with Crippen molar-refractivity contribution >= 4 is 34.2 Å². The van der Waals surface area contributed by atoms with Crippen LogP contribution in [0.1, 0.15) is 0 Å². The zero-order chi connectivity index (χ0) is 12.8. The fraction of sp³-hybridized carbons (Fsp3) is 0.111. The Morgan fingerprint density at radius 2 is 2.29 bits per heavy atom. The van der Waals surface area contributed by atoms with Gasteiger partial charge in [-0.05, 0) is 6.07 Å². The van der Waals surface area contributed by atoms with Crippen LogP contribution in [0.15, 0.2) is 24.3 Å². The van der Waals surface area contributed by atoms with Gasteiger partial charge in [0, 0.05) is 17.8 Å². The highest BCUT2D eigenvalue weighted by molar-refractivity contribution is 8.14. The molecular weight excluding hydrogens is 244 g/mol. The minimum Gasteiger partial charge on any atom is -0.379 e. The highest BCUT2D eigenvalue weighted by Gasteiger charge is 2.08. The lowest BCUT2D eigenvalue weighted by atomic mass is 10.3. The number of nitrogens with two attached hydrogens (primary N) is 1. The Hall–Kier alpha value is -2.09. The summed E-state index contributed by atoms with van der Waals surface area (Å²) in [5, 5.41) is 19.7. The molecule has 0 spiro atoms. The number of non-ortho nitro benzene ring substituents is 1. The summed E-state index contributed by atoms with van der Waals surface area (Å²) in [6.45, 7) is 0. The molecule has 0 aliphatic heterocycles. The van der Waals surface area contributed by atoms with Crippen LogP contribution in [-0.4, -0.2) is 21.8 Å². The lowest BCUT2D eigenvalue weighted by Crippen LogP contribution is -2.17. The number of thioether (sulfide) groups is 1. The van der Waals surface area contributed by atoms with Crippen LogP contribution in [0.5, 0.6) is 0 Å². The molecule has 0 heterocycles. The number of amidine groups is 1. The highest BCUT2D eigenvalue weighted by atomic mass is 32.2. The average molecular weight is 254 g/mol. The van der Waals surface area contributed by atoms with Gasteiger partial charge in [0.15, 0.2) is 5.17 Å². The molecular formula is C9H10N4O3S. The van der Waals surface area contributed by atoms with Crippen LogP contribution in [0.25, 0.3) is 0 Å². The van der Waals surface area contributed by atoms with Crippen LogP contribution < -0.4 is 11.1 Å². The van der Waals surface area contributed by atoms with Crippen molar-refractivity contribution in [3.63, 3.8) is 0 Å². The summed E-state index contributed by atoms with van der Waals surface area (Å²) in [5.41, 5.74) is 5.32. The fourth-order valence-corrected chi connectivity index (χ4v) is 1.40. The van der Waals surface area contributed by atoms with Crippen molar-refractivity contribution in [1.29, 1.82) is 5.41 Å². The molecule has 0 radical (unpaired) electrons. The van der Waals surface area contributed by atoms with E-state index in [2.05, 4.69) is 5.32 Å². The van der Waals surface area contributed by atoms with E-state index in [0.717, 1.165) is 11.8 Å². The molecule has 1 amide bonds. The first kappa shape index (κ1) is 13.0. The van der Waals surface area contributed by atoms with E-state index >= 15 is 0 Å². The van der Waals surface area contributed by atoms with Gasteiger partial charge in [-0.3, -0.25) is 20.3 Å². The average Bonchev–Trinajstić information content (AvgIpc) is 2.26. The number of hydrogen-bond acceptors (Lipinski definition) is 5. The summed E-state index contributed by atoms with van der Waals surface area (Å²) < 4.78 is 0. The van der Waals surface area contributed by atoms with E-state index in [1.54, 1.807) is 6.07 Å². The van der Waals surface area contributed by atoms with Gasteiger partial charge < -0.3 is 11.1 Å². The molecule has 17 heavy (non-hydrogen) atoms. The summed E-state index contributed by atoms with van der Waals surface area (Å²) in [6.07, 6.45) is 0. The molecule has 0 atom stereocenters. The van der Waals surface area contributed by atoms with Gasteiger partial charge in [-0.25, -0.2) is 0 Å². The van der Waals surface area contributed by atoms with Crippen LogP contribution in [0, 0.1) is 15.5 Å². The van der Waals surface area contributed by atoms with Gasteiger partial charge in [0.1, 0.15) is 0 Å². The van der Waals surface area contributed by atoms with E-state index in [4.69, 9.17) is 11.1 Å². The van der Waals surface area contributed by atoms with E-state index in [-0.39, 0.29) is 22.5 Å². The molecule has 1 aromatic carbocycles. The Balaban J connectivity index is 2.62. The van der Waals surface area contributed by atoms with E-state index in [1.807, 2.05) is 0 Å². The predicted octanol–water partition coefficient (Wildman–Crippen LogP) is 1.16. The number of carbonyl (C=O) groups is 1. The van der Waals surface area contributed by atoms with Gasteiger partial charge in [-0.2, -0.15) is 0 Å². The van der Waals surface area contributed by atoms with Crippen LogP contribution in [-0.2, 0) is 4.79 Å². The number of benzene rings is 1. The quantitative estimate of drug-likeness (QED) is 0.322. The Kier molecular flexibility index (Phi) is 4.46. The molecule has 0 saturated heterocycles. The van der Waals surface area contributed by atoms with E-state index in [1.165, 1.54) is 18.2 Å². The monoisotopic (exact) mass is 254 g/mol. The highest BCUT2D eigenvalue weighted by Crippen LogP contribution is 2.17. The molecule has 0 aliphatic carbocycles. The third kappa shape index (κ3) is 4.51. The molecule has 0 aromatic heterocycles. The number of nitro groups is 1. The first-order chi connectivity index (χ1) is 7.99. The first-order valence-corrected chi connectivity index (χ1v) is 5.48. The molecule has 0 fully saturated rings. The van der Waals surface area contributed by atoms with Gasteiger partial charge in [-0.15, -0.1) is 0 Å². The molecule has 0 saturated carbocycles. The normalized spacial score (nSPS) is 9.65. The SMILES string of the molecule is N=C(N)SCC(=O)Nc1cccc([N+](=O)[O-])c1. The number of amides is 1. The van der Waals surface area contributed by atoms with E-state index in [0.29, 0.717) is 5.69 Å². The van der Waals surface area contributed by atoms with Crippen LogP contribution in [0.3, 0.4) is 0 Å². The third-order valence-electron chi connectivity index (χ3n) is 1.70. The molecule has 0 aliphatic rings. The second kappa shape index (κ2) is 5.85. The lowest BCUT2D eigenvalue weighted by molar-refractivity contribution is -0.384. The van der Waals surface area contributed by atoms with Gasteiger partial charge in [0.2, 0.25) is 5.91 Å². The van der Waals surface area contributed by atoms with Gasteiger partial charge >= 0.3 is 0 Å². The molecule has 1 aromatic rings. The zero-order valence-electron chi connectivity index (χ0n) is 8.67. The maximum atomic E-state index is 11.3. The number of hydrogen-bond donors (Lipinski definition) is 3. The van der Waals surface area contributed by atoms with Crippen molar-refractivity contribution in [3.05, 3.63) is 34.4 Å². The molecule has 7 nitrogen and oxygen atoms in total. The second-order valence-electron chi connectivity index (χ2n) is 3.01. The van der Waals surface area contributed by atoms with Crippen LogP contribution in [0.2, 0.25) is 0 Å². The van der Waals surface area contributed by atoms with Crippen molar-refractivity contribution in [3.8, 4) is 0 Å². The molecule has 0 bridgehead atoms. The predicted molar refractivity (Wildman–Crippen MR) is 66.1 cm³/mol. The van der Waals surface area contributed by atoms with E-state index in [9.17, 15) is 14.9 Å². The summed E-state index contributed by atoms with van der Waals surface area (Å²) in [4.78, 5) is 21.3. The largest absolute Gasteiger partial charge is 0.379 e. The number of carbonyl (C=O) groups excluding carboxylic acids is 1. The number of anilines is 1. The number of nitrogens with zero attached hydrogens (tertiary/aromatic N) is 1. The zero-order valence-corrected chi connectivity index (χ0v) is 9.49. The van der Waals surface area contributed by atoms with Crippen LogP contribution in [0.4, 0.5) is 11.4 Å². The minimum atomic E-state index is -0.542. The Morgan fingerprint density at radius 1 is 1.59 bits per heavy atom. The van der Waals surface area contributed by atoms with Crippen molar-refractivity contribution in [2.45, 2.75) is 0 Å². The summed E-state index contributed by atoms with van der Waals surface area (Å²) in [6, 6.07) is 5.62. The number of nitro benzene ring substituents is 1. The van der Waals surface area contributed by atoms with Gasteiger partial charge in [0.25, 0.3) is 5.69 Å². The lowest BCUT2D eigenvalue weighted by Gasteiger charge is -2.03. The van der Waals surface area contributed by atoms with Crippen molar-refractivity contribution in [1.82, 2.24) is 0 Å². The molecule has 4 N–H and O–H groups in total. The standard InChI is InChI=1S/C9H10N4O3S/c10-9(11)17-5-8(14)12-6-2-1-3-7(4-6)13(15)16/h1-4H,5H2,(H3,10,11)(H,12,14). The molecule has 0 unspecified atom stereocenters. The van der Waals surface area contributed by atoms with Gasteiger partial charge in [-0.1, -0.05) is 17.8 Å². The number of rotatable bonds is 4. The van der Waals surface area contributed by atoms with Gasteiger partial charge in [0.05, 0.1) is 10.7 Å². The fourth-order valence-electron chi connectivity index (χ4n) is 1.04. The second-order valence-corrected chi connectivity index (χ2v) is 4.03. The maximum absolute atomic E-state index is 11.3. The van der Waals surface area contributed by atoms with Crippen molar-refractivity contribution < 1.29 is 9.72 Å². The van der Waals surface area contributed by atoms with E-state index < -0.39 is 4.92 Å². The third-order valence-corrected chi connectivity index (χ3v) is 2.42. The molecule has 1 rings (SSSR count). The van der Waals surface area contributed by atoms with Crippen molar-refractivity contribution in [2.75, 3.05) is 11.1 Å². The summed E-state index contributed by atoms with van der Waals surface area (Å²) in [7, 11) is 0.